The van der Waals surface area contributed by atoms with Crippen molar-refractivity contribution in [3.8, 4) is 18.1 Å². The number of benzene rings is 1. The van der Waals surface area contributed by atoms with Gasteiger partial charge in [-0.1, -0.05) is 17.3 Å². The van der Waals surface area contributed by atoms with E-state index in [2.05, 4.69) is 15.7 Å². The van der Waals surface area contributed by atoms with E-state index in [1.807, 2.05) is 18.2 Å². The molecule has 4 nitrogen and oxygen atoms in total. The maximum absolute atomic E-state index is 5.36. The molecule has 0 amide bonds. The van der Waals surface area contributed by atoms with Gasteiger partial charge in [0.25, 0.3) is 0 Å². The van der Waals surface area contributed by atoms with E-state index in [0.717, 1.165) is 49.1 Å². The van der Waals surface area contributed by atoms with Crippen molar-refractivity contribution in [1.29, 1.82) is 0 Å². The lowest BCUT2D eigenvalue weighted by molar-refractivity contribution is 0.288. The molecule has 1 aliphatic heterocycles. The van der Waals surface area contributed by atoms with Gasteiger partial charge in [-0.15, -0.1) is 6.42 Å². The first-order chi connectivity index (χ1) is 9.80. The molecule has 1 fully saturated rings. The standard InChI is InChI=1S/C15H17N3OS/c1-3-6-17-7-9-18(10-8-17)15-16-13-5-4-12(19-2)11-14(13)20-15/h1,4-5,11H,6-10H2,2H3. The Hall–Kier alpha value is -1.77. The molecule has 0 N–H and O–H groups in total. The maximum Gasteiger partial charge on any atom is 0.186 e. The molecule has 0 radical (unpaired) electrons. The van der Waals surface area contributed by atoms with Crippen LogP contribution in [0.15, 0.2) is 18.2 Å². The number of ether oxygens (including phenoxy) is 1. The van der Waals surface area contributed by atoms with Crippen LogP contribution in [0.1, 0.15) is 0 Å². The minimum absolute atomic E-state index is 0.741. The van der Waals surface area contributed by atoms with E-state index in [1.54, 1.807) is 18.4 Å². The Labute approximate surface area is 123 Å². The van der Waals surface area contributed by atoms with E-state index in [4.69, 9.17) is 16.1 Å². The zero-order valence-electron chi connectivity index (χ0n) is 11.5. The van der Waals surface area contributed by atoms with E-state index in [1.165, 1.54) is 4.70 Å². The number of aromatic nitrogens is 1. The lowest BCUT2D eigenvalue weighted by Crippen LogP contribution is -2.46. The van der Waals surface area contributed by atoms with Crippen molar-refractivity contribution < 1.29 is 4.74 Å². The Morgan fingerprint density at radius 1 is 1.35 bits per heavy atom. The molecule has 1 saturated heterocycles. The summed E-state index contributed by atoms with van der Waals surface area (Å²) in [7, 11) is 1.69. The summed E-state index contributed by atoms with van der Waals surface area (Å²) < 4.78 is 6.43. The van der Waals surface area contributed by atoms with E-state index in [0.29, 0.717) is 0 Å². The molecule has 20 heavy (non-hydrogen) atoms. The lowest BCUT2D eigenvalue weighted by atomic mass is 10.3. The number of thiazole rings is 1. The van der Waals surface area contributed by atoms with Crippen molar-refractivity contribution in [2.75, 3.05) is 44.7 Å². The van der Waals surface area contributed by atoms with Crippen LogP contribution in [0.3, 0.4) is 0 Å². The van der Waals surface area contributed by atoms with E-state index >= 15 is 0 Å². The van der Waals surface area contributed by atoms with Gasteiger partial charge in [-0.2, -0.15) is 0 Å². The van der Waals surface area contributed by atoms with Gasteiger partial charge >= 0.3 is 0 Å². The molecule has 0 spiro atoms. The highest BCUT2D eigenvalue weighted by atomic mass is 32.1. The predicted octanol–water partition coefficient (Wildman–Crippen LogP) is 2.06. The van der Waals surface area contributed by atoms with Crippen molar-refractivity contribution in [1.82, 2.24) is 9.88 Å². The summed E-state index contributed by atoms with van der Waals surface area (Å²) in [5.74, 6) is 3.59. The van der Waals surface area contributed by atoms with Crippen LogP contribution < -0.4 is 9.64 Å². The third-order valence-electron chi connectivity index (χ3n) is 3.54. The fourth-order valence-corrected chi connectivity index (χ4v) is 3.43. The molecule has 0 aliphatic carbocycles. The quantitative estimate of drug-likeness (QED) is 0.808. The highest BCUT2D eigenvalue weighted by molar-refractivity contribution is 7.22. The zero-order chi connectivity index (χ0) is 13.9. The largest absolute Gasteiger partial charge is 0.497 e. The van der Waals surface area contributed by atoms with Crippen LogP contribution in [0, 0.1) is 12.3 Å². The Morgan fingerprint density at radius 2 is 2.15 bits per heavy atom. The second-order valence-electron chi connectivity index (χ2n) is 4.80. The molecule has 5 heteroatoms. The molecular formula is C15H17N3OS. The summed E-state index contributed by atoms with van der Waals surface area (Å²) in [6.45, 7) is 4.72. The highest BCUT2D eigenvalue weighted by Crippen LogP contribution is 2.31. The van der Waals surface area contributed by atoms with E-state index < -0.39 is 0 Å². The summed E-state index contributed by atoms with van der Waals surface area (Å²) in [6, 6.07) is 6.02. The summed E-state index contributed by atoms with van der Waals surface area (Å²) >= 11 is 1.72. The van der Waals surface area contributed by atoms with E-state index in [-0.39, 0.29) is 0 Å². The Balaban J connectivity index is 1.76. The molecule has 0 unspecified atom stereocenters. The molecule has 2 aromatic rings. The Kier molecular flexibility index (Phi) is 3.77. The van der Waals surface area contributed by atoms with Crippen molar-refractivity contribution in [3.05, 3.63) is 18.2 Å². The van der Waals surface area contributed by atoms with Crippen molar-refractivity contribution in [2.45, 2.75) is 0 Å². The molecule has 104 valence electrons. The van der Waals surface area contributed by atoms with Crippen LogP contribution in [0.25, 0.3) is 10.2 Å². The molecule has 0 atom stereocenters. The number of rotatable bonds is 3. The molecule has 1 aromatic carbocycles. The van der Waals surface area contributed by atoms with Crippen molar-refractivity contribution in [2.24, 2.45) is 0 Å². The van der Waals surface area contributed by atoms with Crippen LogP contribution in [0.2, 0.25) is 0 Å². The normalized spacial score (nSPS) is 16.3. The molecule has 1 aromatic heterocycles. The number of terminal acetylenes is 1. The maximum atomic E-state index is 5.36. The summed E-state index contributed by atoms with van der Waals surface area (Å²) in [4.78, 5) is 9.35. The minimum Gasteiger partial charge on any atom is -0.497 e. The van der Waals surface area contributed by atoms with Crippen molar-refractivity contribution >= 4 is 26.7 Å². The molecule has 3 rings (SSSR count). The number of hydrogen-bond acceptors (Lipinski definition) is 5. The SMILES string of the molecule is C#CCN1CCN(c2nc3ccc(OC)cc3s2)CC1. The summed E-state index contributed by atoms with van der Waals surface area (Å²) in [5, 5.41) is 1.09. The number of piperazine rings is 1. The fraction of sp³-hybridized carbons (Fsp3) is 0.400. The number of nitrogens with zero attached hydrogens (tertiary/aromatic N) is 3. The van der Waals surface area contributed by atoms with Gasteiger partial charge in [0.15, 0.2) is 5.13 Å². The van der Waals surface area contributed by atoms with Gasteiger partial charge in [0.05, 0.1) is 23.9 Å². The smallest absolute Gasteiger partial charge is 0.186 e. The van der Waals surface area contributed by atoms with Gasteiger partial charge in [-0.3, -0.25) is 4.90 Å². The summed E-state index contributed by atoms with van der Waals surface area (Å²) in [5.41, 5.74) is 1.04. The average molecular weight is 287 g/mol. The lowest BCUT2D eigenvalue weighted by Gasteiger charge is -2.33. The average Bonchev–Trinajstić information content (AvgIpc) is 2.91. The van der Waals surface area contributed by atoms with Crippen LogP contribution in [-0.4, -0.2) is 49.7 Å². The van der Waals surface area contributed by atoms with Crippen molar-refractivity contribution in [3.63, 3.8) is 0 Å². The third-order valence-corrected chi connectivity index (χ3v) is 4.62. The van der Waals surface area contributed by atoms with Gasteiger partial charge in [0.1, 0.15) is 5.75 Å². The Morgan fingerprint density at radius 3 is 2.85 bits per heavy atom. The highest BCUT2D eigenvalue weighted by Gasteiger charge is 2.19. The van der Waals surface area contributed by atoms with Crippen LogP contribution >= 0.6 is 11.3 Å². The Bertz CT molecular complexity index is 638. The van der Waals surface area contributed by atoms with Gasteiger partial charge in [0.2, 0.25) is 0 Å². The van der Waals surface area contributed by atoms with Gasteiger partial charge in [0, 0.05) is 26.2 Å². The van der Waals surface area contributed by atoms with Crippen LogP contribution in [-0.2, 0) is 0 Å². The molecule has 1 aliphatic rings. The predicted molar refractivity (Wildman–Crippen MR) is 83.7 cm³/mol. The molecule has 0 bridgehead atoms. The van der Waals surface area contributed by atoms with Gasteiger partial charge < -0.3 is 9.64 Å². The van der Waals surface area contributed by atoms with Gasteiger partial charge in [-0.25, -0.2) is 4.98 Å². The number of hydrogen-bond donors (Lipinski definition) is 0. The first kappa shape index (κ1) is 13.2. The molecule has 0 saturated carbocycles. The zero-order valence-corrected chi connectivity index (χ0v) is 12.3. The molecule has 2 heterocycles. The summed E-state index contributed by atoms with van der Waals surface area (Å²) in [6.07, 6.45) is 5.36. The monoisotopic (exact) mass is 287 g/mol. The minimum atomic E-state index is 0.741. The number of fused-ring (bicyclic) bond motifs is 1. The second kappa shape index (κ2) is 5.70. The topological polar surface area (TPSA) is 28.6 Å². The number of anilines is 1. The van der Waals surface area contributed by atoms with E-state index in [9.17, 15) is 0 Å². The third kappa shape index (κ3) is 2.58. The molecular weight excluding hydrogens is 270 g/mol. The first-order valence-electron chi connectivity index (χ1n) is 6.65. The van der Waals surface area contributed by atoms with Crippen LogP contribution in [0.4, 0.5) is 5.13 Å². The fourth-order valence-electron chi connectivity index (χ4n) is 2.38. The second-order valence-corrected chi connectivity index (χ2v) is 5.81. The number of methoxy groups -OCH3 is 1. The van der Waals surface area contributed by atoms with Crippen LogP contribution in [0.5, 0.6) is 5.75 Å². The first-order valence-corrected chi connectivity index (χ1v) is 7.47. The van der Waals surface area contributed by atoms with Gasteiger partial charge in [-0.05, 0) is 18.2 Å².